The maximum Gasteiger partial charge on any atom is 0.407 e. The van der Waals surface area contributed by atoms with E-state index in [4.69, 9.17) is 4.74 Å². The lowest BCUT2D eigenvalue weighted by molar-refractivity contribution is 0.0534. The van der Waals surface area contributed by atoms with E-state index in [1.54, 1.807) is 0 Å². The molecule has 1 fully saturated rings. The summed E-state index contributed by atoms with van der Waals surface area (Å²) in [6.07, 6.45) is 10.3. The van der Waals surface area contributed by atoms with Crippen molar-refractivity contribution in [3.63, 3.8) is 0 Å². The molecule has 1 saturated carbocycles. The van der Waals surface area contributed by atoms with Crippen molar-refractivity contribution < 1.29 is 9.53 Å². The summed E-state index contributed by atoms with van der Waals surface area (Å²) < 4.78 is 5.16. The van der Waals surface area contributed by atoms with Crippen molar-refractivity contribution in [2.24, 2.45) is 5.92 Å². The van der Waals surface area contributed by atoms with E-state index in [1.807, 2.05) is 26.8 Å². The molecule has 0 bridgehead atoms. The number of nitrogens with one attached hydrogen (secondary N) is 2. The Hall–Kier alpha value is -1.03. The van der Waals surface area contributed by atoms with Gasteiger partial charge in [0.15, 0.2) is 0 Å². The Morgan fingerprint density at radius 2 is 1.95 bits per heavy atom. The van der Waals surface area contributed by atoms with Gasteiger partial charge in [-0.25, -0.2) is 4.79 Å². The van der Waals surface area contributed by atoms with Gasteiger partial charge in [-0.1, -0.05) is 38.3 Å². The molecule has 1 rings (SSSR count). The standard InChI is InChI=1S/C17H32N2O2/c1-5-14-9-8-10-15(13-14)18-11-6-7-12-19-16(20)21-17(2,3)4/h6-7,14-15,18H,5,8-13H2,1-4H3,(H,19,20)/b7-6+. The second kappa shape index (κ2) is 9.08. The van der Waals surface area contributed by atoms with E-state index in [0.29, 0.717) is 12.6 Å². The molecular weight excluding hydrogens is 264 g/mol. The summed E-state index contributed by atoms with van der Waals surface area (Å²) in [6.45, 7) is 9.26. The van der Waals surface area contributed by atoms with E-state index < -0.39 is 5.60 Å². The van der Waals surface area contributed by atoms with E-state index in [1.165, 1.54) is 32.1 Å². The first-order valence-corrected chi connectivity index (χ1v) is 8.26. The summed E-state index contributed by atoms with van der Waals surface area (Å²) in [6, 6.07) is 0.659. The molecular formula is C17H32N2O2. The number of hydrogen-bond acceptors (Lipinski definition) is 3. The molecule has 2 unspecified atom stereocenters. The summed E-state index contributed by atoms with van der Waals surface area (Å²) in [5.41, 5.74) is -0.438. The number of ether oxygens (including phenoxy) is 1. The molecule has 0 saturated heterocycles. The largest absolute Gasteiger partial charge is 0.444 e. The smallest absolute Gasteiger partial charge is 0.407 e. The quantitative estimate of drug-likeness (QED) is 0.736. The summed E-state index contributed by atoms with van der Waals surface area (Å²) in [5, 5.41) is 6.30. The second-order valence-electron chi connectivity index (χ2n) is 6.90. The fourth-order valence-corrected chi connectivity index (χ4v) is 2.70. The molecule has 0 aliphatic heterocycles. The number of carbonyl (C=O) groups is 1. The predicted octanol–water partition coefficient (Wildman–Crippen LogP) is 3.63. The van der Waals surface area contributed by atoms with Crippen LogP contribution in [0, 0.1) is 5.92 Å². The molecule has 0 aromatic heterocycles. The molecule has 0 aromatic rings. The van der Waals surface area contributed by atoms with Gasteiger partial charge in [0.05, 0.1) is 0 Å². The van der Waals surface area contributed by atoms with E-state index >= 15 is 0 Å². The molecule has 122 valence electrons. The van der Waals surface area contributed by atoms with Gasteiger partial charge in [-0.15, -0.1) is 0 Å². The lowest BCUT2D eigenvalue weighted by Crippen LogP contribution is -2.34. The van der Waals surface area contributed by atoms with Crippen molar-refractivity contribution >= 4 is 6.09 Å². The molecule has 0 radical (unpaired) electrons. The van der Waals surface area contributed by atoms with Crippen molar-refractivity contribution in [2.75, 3.05) is 13.1 Å². The van der Waals surface area contributed by atoms with Crippen LogP contribution in [-0.2, 0) is 4.74 Å². The van der Waals surface area contributed by atoms with Crippen LogP contribution in [0.15, 0.2) is 12.2 Å². The van der Waals surface area contributed by atoms with E-state index in [9.17, 15) is 4.79 Å². The minimum Gasteiger partial charge on any atom is -0.444 e. The average Bonchev–Trinajstić information content (AvgIpc) is 2.41. The molecule has 1 aliphatic rings. The van der Waals surface area contributed by atoms with Crippen LogP contribution in [0.25, 0.3) is 0 Å². The first-order valence-electron chi connectivity index (χ1n) is 8.26. The van der Waals surface area contributed by atoms with Crippen molar-refractivity contribution in [1.29, 1.82) is 0 Å². The zero-order valence-electron chi connectivity index (χ0n) is 14.1. The Bertz CT molecular complexity index is 334. The van der Waals surface area contributed by atoms with Crippen LogP contribution in [0.1, 0.15) is 59.8 Å². The van der Waals surface area contributed by atoms with Crippen LogP contribution in [-0.4, -0.2) is 30.8 Å². The van der Waals surface area contributed by atoms with Gasteiger partial charge in [0.2, 0.25) is 0 Å². The van der Waals surface area contributed by atoms with Crippen molar-refractivity contribution in [3.8, 4) is 0 Å². The molecule has 4 nitrogen and oxygen atoms in total. The molecule has 2 atom stereocenters. The maximum atomic E-state index is 11.4. The first-order chi connectivity index (χ1) is 9.90. The molecule has 0 aromatic carbocycles. The summed E-state index contributed by atoms with van der Waals surface area (Å²) >= 11 is 0. The number of carbonyl (C=O) groups excluding carboxylic acids is 1. The van der Waals surface area contributed by atoms with Crippen molar-refractivity contribution in [2.45, 2.75) is 71.4 Å². The fraction of sp³-hybridized carbons (Fsp3) is 0.824. The third-order valence-corrected chi connectivity index (χ3v) is 3.81. The highest BCUT2D eigenvalue weighted by molar-refractivity contribution is 5.67. The number of alkyl carbamates (subject to hydrolysis) is 1. The van der Waals surface area contributed by atoms with Crippen LogP contribution < -0.4 is 10.6 Å². The van der Waals surface area contributed by atoms with Gasteiger partial charge in [-0.2, -0.15) is 0 Å². The molecule has 0 heterocycles. The molecule has 21 heavy (non-hydrogen) atoms. The Kier molecular flexibility index (Phi) is 7.79. The second-order valence-corrected chi connectivity index (χ2v) is 6.90. The minimum absolute atomic E-state index is 0.363. The SMILES string of the molecule is CCC1CCCC(NC/C=C/CNC(=O)OC(C)(C)C)C1. The molecule has 0 spiro atoms. The predicted molar refractivity (Wildman–Crippen MR) is 87.4 cm³/mol. The summed E-state index contributed by atoms with van der Waals surface area (Å²) in [7, 11) is 0. The molecule has 1 aliphatic carbocycles. The fourth-order valence-electron chi connectivity index (χ4n) is 2.70. The monoisotopic (exact) mass is 296 g/mol. The van der Waals surface area contributed by atoms with Gasteiger partial charge in [0.1, 0.15) is 5.60 Å². The van der Waals surface area contributed by atoms with Crippen LogP contribution in [0.4, 0.5) is 4.79 Å². The minimum atomic E-state index is -0.438. The Morgan fingerprint density at radius 3 is 2.62 bits per heavy atom. The van der Waals surface area contributed by atoms with Gasteiger partial charge in [0.25, 0.3) is 0 Å². The molecule has 2 N–H and O–H groups in total. The third kappa shape index (κ3) is 8.76. The van der Waals surface area contributed by atoms with Crippen molar-refractivity contribution in [3.05, 3.63) is 12.2 Å². The summed E-state index contributed by atoms with van der Waals surface area (Å²) in [4.78, 5) is 11.4. The Labute approximate surface area is 129 Å². The topological polar surface area (TPSA) is 50.4 Å². The van der Waals surface area contributed by atoms with Crippen LogP contribution in [0.5, 0.6) is 0 Å². The molecule has 4 heteroatoms. The highest BCUT2D eigenvalue weighted by Crippen LogP contribution is 2.26. The number of hydrogen-bond donors (Lipinski definition) is 2. The number of rotatable bonds is 6. The first kappa shape index (κ1) is 18.0. The van der Waals surface area contributed by atoms with Gasteiger partial charge in [0, 0.05) is 19.1 Å². The zero-order valence-corrected chi connectivity index (χ0v) is 14.1. The highest BCUT2D eigenvalue weighted by Gasteiger charge is 2.19. The summed E-state index contributed by atoms with van der Waals surface area (Å²) in [5.74, 6) is 0.897. The maximum absolute atomic E-state index is 11.4. The van der Waals surface area contributed by atoms with Gasteiger partial charge < -0.3 is 15.4 Å². The van der Waals surface area contributed by atoms with Gasteiger partial charge in [-0.05, 0) is 39.5 Å². The van der Waals surface area contributed by atoms with E-state index in [-0.39, 0.29) is 6.09 Å². The third-order valence-electron chi connectivity index (χ3n) is 3.81. The lowest BCUT2D eigenvalue weighted by atomic mass is 9.84. The van der Waals surface area contributed by atoms with E-state index in [2.05, 4.69) is 23.6 Å². The normalized spacial score (nSPS) is 23.2. The van der Waals surface area contributed by atoms with Gasteiger partial charge >= 0.3 is 6.09 Å². The Morgan fingerprint density at radius 1 is 1.24 bits per heavy atom. The average molecular weight is 296 g/mol. The van der Waals surface area contributed by atoms with Crippen molar-refractivity contribution in [1.82, 2.24) is 10.6 Å². The van der Waals surface area contributed by atoms with Crippen LogP contribution in [0.2, 0.25) is 0 Å². The lowest BCUT2D eigenvalue weighted by Gasteiger charge is -2.28. The Balaban J connectivity index is 2.08. The zero-order chi connectivity index (χ0) is 15.7. The van der Waals surface area contributed by atoms with Crippen LogP contribution in [0.3, 0.4) is 0 Å². The van der Waals surface area contributed by atoms with Crippen LogP contribution >= 0.6 is 0 Å². The number of amides is 1. The van der Waals surface area contributed by atoms with E-state index in [0.717, 1.165) is 12.5 Å². The molecule has 1 amide bonds. The van der Waals surface area contributed by atoms with Gasteiger partial charge in [-0.3, -0.25) is 0 Å². The highest BCUT2D eigenvalue weighted by atomic mass is 16.6.